The average molecular weight is 383 g/mol. The molecule has 1 N–H and O–H groups in total. The highest BCUT2D eigenvalue weighted by Gasteiger charge is 2.14. The highest BCUT2D eigenvalue weighted by atomic mass is 32.2. The molecule has 27 heavy (non-hydrogen) atoms. The number of nitrogens with one attached hydrogen (secondary N) is 1. The number of ether oxygens (including phenoxy) is 1. The number of anilines is 1. The first-order valence-corrected chi connectivity index (χ1v) is 10.0. The van der Waals surface area contributed by atoms with Crippen LogP contribution in [0.3, 0.4) is 0 Å². The summed E-state index contributed by atoms with van der Waals surface area (Å²) in [6.45, 7) is 2.21. The van der Waals surface area contributed by atoms with Gasteiger partial charge in [-0.05, 0) is 43.5 Å². The fraction of sp³-hybridized carbons (Fsp3) is 0.250. The SMILES string of the molecule is CCOC(=O)c1cccc(NC(=O)Cn2c(CSC)nc3ccccc32)c1. The summed E-state index contributed by atoms with van der Waals surface area (Å²) in [7, 11) is 0. The average Bonchev–Trinajstić information content (AvgIpc) is 3.00. The molecule has 140 valence electrons. The lowest BCUT2D eigenvalue weighted by atomic mass is 10.2. The Labute approximate surface area is 161 Å². The van der Waals surface area contributed by atoms with Gasteiger partial charge in [0.05, 0.1) is 29.0 Å². The van der Waals surface area contributed by atoms with Crippen LogP contribution in [0.5, 0.6) is 0 Å². The van der Waals surface area contributed by atoms with E-state index in [2.05, 4.69) is 10.3 Å². The minimum absolute atomic E-state index is 0.153. The molecule has 0 saturated heterocycles. The third-order valence-corrected chi connectivity index (χ3v) is 4.51. The van der Waals surface area contributed by atoms with E-state index in [1.807, 2.05) is 35.1 Å². The van der Waals surface area contributed by atoms with E-state index in [4.69, 9.17) is 4.74 Å². The van der Waals surface area contributed by atoms with Crippen LogP contribution in [-0.4, -0.2) is 34.3 Å². The van der Waals surface area contributed by atoms with E-state index in [9.17, 15) is 9.59 Å². The van der Waals surface area contributed by atoms with Gasteiger partial charge in [-0.25, -0.2) is 9.78 Å². The summed E-state index contributed by atoms with van der Waals surface area (Å²) in [5.41, 5.74) is 2.77. The zero-order valence-corrected chi connectivity index (χ0v) is 16.1. The van der Waals surface area contributed by atoms with E-state index in [0.29, 0.717) is 17.9 Å². The Morgan fingerprint density at radius 2 is 2.00 bits per heavy atom. The van der Waals surface area contributed by atoms with Crippen molar-refractivity contribution in [1.29, 1.82) is 0 Å². The van der Waals surface area contributed by atoms with Crippen molar-refractivity contribution in [3.8, 4) is 0 Å². The fourth-order valence-corrected chi connectivity index (χ4v) is 3.30. The molecule has 0 fully saturated rings. The van der Waals surface area contributed by atoms with Gasteiger partial charge in [0.2, 0.25) is 5.91 Å². The van der Waals surface area contributed by atoms with Crippen LogP contribution in [-0.2, 0) is 21.8 Å². The second-order valence-corrected chi connectivity index (χ2v) is 6.75. The first-order chi connectivity index (χ1) is 13.1. The number of amides is 1. The Morgan fingerprint density at radius 3 is 2.78 bits per heavy atom. The summed E-state index contributed by atoms with van der Waals surface area (Å²) < 4.78 is 6.92. The minimum atomic E-state index is -0.406. The quantitative estimate of drug-likeness (QED) is 0.630. The Kier molecular flexibility index (Phi) is 6.13. The van der Waals surface area contributed by atoms with Crippen molar-refractivity contribution < 1.29 is 14.3 Å². The van der Waals surface area contributed by atoms with Gasteiger partial charge < -0.3 is 14.6 Å². The van der Waals surface area contributed by atoms with Crippen molar-refractivity contribution in [3.05, 3.63) is 59.9 Å². The lowest BCUT2D eigenvalue weighted by molar-refractivity contribution is -0.116. The van der Waals surface area contributed by atoms with Gasteiger partial charge in [-0.3, -0.25) is 4.79 Å². The number of fused-ring (bicyclic) bond motifs is 1. The van der Waals surface area contributed by atoms with Gasteiger partial charge in [0.1, 0.15) is 12.4 Å². The summed E-state index contributed by atoms with van der Waals surface area (Å²) in [5, 5.41) is 2.85. The molecule has 0 saturated carbocycles. The van der Waals surface area contributed by atoms with Gasteiger partial charge in [0, 0.05) is 5.69 Å². The molecule has 1 heterocycles. The standard InChI is InChI=1S/C20H21N3O3S/c1-3-26-20(25)14-7-6-8-15(11-14)21-19(24)12-23-17-10-5-4-9-16(17)22-18(23)13-27-2/h4-11H,3,12-13H2,1-2H3,(H,21,24). The van der Waals surface area contributed by atoms with E-state index < -0.39 is 5.97 Å². The summed E-state index contributed by atoms with van der Waals surface area (Å²) in [6, 6.07) is 14.5. The maximum atomic E-state index is 12.6. The summed E-state index contributed by atoms with van der Waals surface area (Å²) in [4.78, 5) is 29.1. The highest BCUT2D eigenvalue weighted by Crippen LogP contribution is 2.19. The number of carbonyl (C=O) groups excluding carboxylic acids is 2. The molecule has 0 radical (unpaired) electrons. The number of thioether (sulfide) groups is 1. The van der Waals surface area contributed by atoms with E-state index >= 15 is 0 Å². The molecule has 7 heteroatoms. The molecule has 1 amide bonds. The molecular formula is C20H21N3O3S. The zero-order valence-electron chi connectivity index (χ0n) is 15.3. The van der Waals surface area contributed by atoms with Crippen molar-refractivity contribution in [2.24, 2.45) is 0 Å². The fourth-order valence-electron chi connectivity index (χ4n) is 2.82. The molecule has 6 nitrogen and oxygen atoms in total. The van der Waals surface area contributed by atoms with Crippen LogP contribution in [0.25, 0.3) is 11.0 Å². The van der Waals surface area contributed by atoms with Crippen molar-refractivity contribution in [2.45, 2.75) is 19.2 Å². The number of carbonyl (C=O) groups is 2. The molecule has 3 rings (SSSR count). The Bertz CT molecular complexity index is 968. The van der Waals surface area contributed by atoms with Gasteiger partial charge in [-0.2, -0.15) is 11.8 Å². The third-order valence-electron chi connectivity index (χ3n) is 3.97. The van der Waals surface area contributed by atoms with E-state index in [0.717, 1.165) is 22.6 Å². The normalized spacial score (nSPS) is 10.7. The maximum absolute atomic E-state index is 12.6. The molecule has 0 unspecified atom stereocenters. The second-order valence-electron chi connectivity index (χ2n) is 5.89. The molecule has 2 aromatic carbocycles. The highest BCUT2D eigenvalue weighted by molar-refractivity contribution is 7.97. The number of hydrogen-bond donors (Lipinski definition) is 1. The minimum Gasteiger partial charge on any atom is -0.462 e. The summed E-state index contributed by atoms with van der Waals surface area (Å²) in [6.07, 6.45) is 2.00. The Balaban J connectivity index is 1.78. The monoisotopic (exact) mass is 383 g/mol. The Hall–Kier alpha value is -2.80. The van der Waals surface area contributed by atoms with Crippen LogP contribution in [0, 0.1) is 0 Å². The van der Waals surface area contributed by atoms with Crippen LogP contribution < -0.4 is 5.32 Å². The van der Waals surface area contributed by atoms with E-state index in [-0.39, 0.29) is 12.5 Å². The van der Waals surface area contributed by atoms with Gasteiger partial charge in [0.25, 0.3) is 0 Å². The number of aromatic nitrogens is 2. The number of esters is 1. The molecule has 0 aliphatic heterocycles. The number of hydrogen-bond acceptors (Lipinski definition) is 5. The number of rotatable bonds is 7. The lowest BCUT2D eigenvalue weighted by Crippen LogP contribution is -2.20. The van der Waals surface area contributed by atoms with Crippen LogP contribution in [0.1, 0.15) is 23.1 Å². The summed E-state index contributed by atoms with van der Waals surface area (Å²) >= 11 is 1.66. The molecular weight excluding hydrogens is 362 g/mol. The predicted molar refractivity (Wildman–Crippen MR) is 108 cm³/mol. The topological polar surface area (TPSA) is 73.2 Å². The van der Waals surface area contributed by atoms with Gasteiger partial charge >= 0.3 is 5.97 Å². The molecule has 0 aliphatic carbocycles. The third kappa shape index (κ3) is 4.49. The second kappa shape index (κ2) is 8.73. The molecule has 3 aromatic rings. The van der Waals surface area contributed by atoms with Gasteiger partial charge in [-0.1, -0.05) is 18.2 Å². The molecule has 0 aliphatic rings. The first kappa shape index (κ1) is 19.0. The predicted octanol–water partition coefficient (Wildman–Crippen LogP) is 3.71. The first-order valence-electron chi connectivity index (χ1n) is 8.62. The smallest absolute Gasteiger partial charge is 0.338 e. The molecule has 0 spiro atoms. The maximum Gasteiger partial charge on any atom is 0.338 e. The largest absolute Gasteiger partial charge is 0.462 e. The van der Waals surface area contributed by atoms with Crippen LogP contribution in [0.4, 0.5) is 5.69 Å². The zero-order chi connectivity index (χ0) is 19.2. The number of benzene rings is 2. The molecule has 0 bridgehead atoms. The van der Waals surface area contributed by atoms with Crippen LogP contribution in [0.15, 0.2) is 48.5 Å². The molecule has 1 aromatic heterocycles. The van der Waals surface area contributed by atoms with Gasteiger partial charge in [0.15, 0.2) is 0 Å². The van der Waals surface area contributed by atoms with E-state index in [1.165, 1.54) is 0 Å². The number of nitrogens with zero attached hydrogens (tertiary/aromatic N) is 2. The van der Waals surface area contributed by atoms with E-state index in [1.54, 1.807) is 43.0 Å². The Morgan fingerprint density at radius 1 is 1.19 bits per heavy atom. The number of imidazole rings is 1. The van der Waals surface area contributed by atoms with Crippen molar-refractivity contribution in [1.82, 2.24) is 9.55 Å². The van der Waals surface area contributed by atoms with Crippen molar-refractivity contribution in [2.75, 3.05) is 18.2 Å². The van der Waals surface area contributed by atoms with Crippen molar-refractivity contribution in [3.63, 3.8) is 0 Å². The van der Waals surface area contributed by atoms with Crippen LogP contribution >= 0.6 is 11.8 Å². The molecule has 0 atom stereocenters. The van der Waals surface area contributed by atoms with Gasteiger partial charge in [-0.15, -0.1) is 0 Å². The van der Waals surface area contributed by atoms with Crippen molar-refractivity contribution >= 4 is 40.4 Å². The lowest BCUT2D eigenvalue weighted by Gasteiger charge is -2.10. The summed E-state index contributed by atoms with van der Waals surface area (Å²) in [5.74, 6) is 0.998. The number of para-hydroxylation sites is 2. The van der Waals surface area contributed by atoms with Crippen LogP contribution in [0.2, 0.25) is 0 Å².